The van der Waals surface area contributed by atoms with Crippen molar-refractivity contribution in [3.05, 3.63) is 54.6 Å². The summed E-state index contributed by atoms with van der Waals surface area (Å²) in [7, 11) is 0. The minimum absolute atomic E-state index is 0.989. The molecule has 3 rings (SSSR count). The predicted octanol–water partition coefficient (Wildman–Crippen LogP) is 4.49. The van der Waals surface area contributed by atoms with Gasteiger partial charge in [0.2, 0.25) is 0 Å². The molecule has 21 heavy (non-hydrogen) atoms. The van der Waals surface area contributed by atoms with E-state index in [1.165, 1.54) is 42.2 Å². The van der Waals surface area contributed by atoms with Gasteiger partial charge in [0.05, 0.1) is 0 Å². The fourth-order valence-electron chi connectivity index (χ4n) is 2.65. The number of hydrogen-bond donors (Lipinski definition) is 1. The van der Waals surface area contributed by atoms with Crippen molar-refractivity contribution in [2.75, 3.05) is 35.6 Å². The van der Waals surface area contributed by atoms with Gasteiger partial charge in [0.15, 0.2) is 0 Å². The molecule has 1 heterocycles. The minimum atomic E-state index is 0.989. The van der Waals surface area contributed by atoms with E-state index in [0.717, 1.165) is 12.3 Å². The molecule has 3 heteroatoms. The van der Waals surface area contributed by atoms with Gasteiger partial charge in [-0.25, -0.2) is 0 Å². The Morgan fingerprint density at radius 3 is 2.33 bits per heavy atom. The van der Waals surface area contributed by atoms with Gasteiger partial charge in [0, 0.05) is 41.7 Å². The molecular formula is C18H22N2S. The first-order chi connectivity index (χ1) is 10.4. The van der Waals surface area contributed by atoms with Crippen molar-refractivity contribution in [1.29, 1.82) is 0 Å². The van der Waals surface area contributed by atoms with Crippen LogP contribution < -0.4 is 10.2 Å². The van der Waals surface area contributed by atoms with Crippen LogP contribution in [0.1, 0.15) is 12.8 Å². The van der Waals surface area contributed by atoms with Crippen molar-refractivity contribution in [1.82, 2.24) is 0 Å². The lowest BCUT2D eigenvalue weighted by atomic mass is 10.2. The molecule has 0 bridgehead atoms. The van der Waals surface area contributed by atoms with Gasteiger partial charge >= 0.3 is 0 Å². The van der Waals surface area contributed by atoms with Crippen LogP contribution in [0.5, 0.6) is 0 Å². The van der Waals surface area contributed by atoms with Gasteiger partial charge in [-0.2, -0.15) is 0 Å². The smallest absolute Gasteiger partial charge is 0.0367 e. The molecule has 0 saturated carbocycles. The van der Waals surface area contributed by atoms with Crippen molar-refractivity contribution in [3.63, 3.8) is 0 Å². The van der Waals surface area contributed by atoms with Crippen LogP contribution in [0.25, 0.3) is 0 Å². The first kappa shape index (κ1) is 14.3. The topological polar surface area (TPSA) is 15.3 Å². The molecule has 0 aliphatic carbocycles. The third kappa shape index (κ3) is 4.18. The van der Waals surface area contributed by atoms with E-state index in [1.807, 2.05) is 11.8 Å². The molecule has 0 amide bonds. The summed E-state index contributed by atoms with van der Waals surface area (Å²) in [6, 6.07) is 19.4. The highest BCUT2D eigenvalue weighted by Crippen LogP contribution is 2.22. The second-order valence-corrected chi connectivity index (χ2v) is 6.50. The number of hydrogen-bond acceptors (Lipinski definition) is 3. The summed E-state index contributed by atoms with van der Waals surface area (Å²) in [5.74, 6) is 1.08. The van der Waals surface area contributed by atoms with Crippen LogP contribution >= 0.6 is 11.8 Å². The van der Waals surface area contributed by atoms with Crippen LogP contribution in [0.15, 0.2) is 59.5 Å². The molecular weight excluding hydrogens is 276 g/mol. The fraction of sp³-hybridized carbons (Fsp3) is 0.333. The third-order valence-electron chi connectivity index (χ3n) is 3.78. The van der Waals surface area contributed by atoms with E-state index in [4.69, 9.17) is 0 Å². The summed E-state index contributed by atoms with van der Waals surface area (Å²) in [5.41, 5.74) is 2.57. The van der Waals surface area contributed by atoms with Crippen LogP contribution in [-0.4, -0.2) is 25.4 Å². The number of benzene rings is 2. The summed E-state index contributed by atoms with van der Waals surface area (Å²) in [5, 5.41) is 3.49. The van der Waals surface area contributed by atoms with Crippen molar-refractivity contribution in [2.45, 2.75) is 17.7 Å². The van der Waals surface area contributed by atoms with Gasteiger partial charge in [-0.15, -0.1) is 11.8 Å². The van der Waals surface area contributed by atoms with E-state index in [2.05, 4.69) is 64.8 Å². The summed E-state index contributed by atoms with van der Waals surface area (Å²) >= 11 is 1.89. The molecule has 1 saturated heterocycles. The Morgan fingerprint density at radius 1 is 0.905 bits per heavy atom. The van der Waals surface area contributed by atoms with Gasteiger partial charge in [-0.1, -0.05) is 18.2 Å². The lowest BCUT2D eigenvalue weighted by Crippen LogP contribution is -2.17. The van der Waals surface area contributed by atoms with E-state index in [9.17, 15) is 0 Å². The molecule has 0 atom stereocenters. The Kier molecular flexibility index (Phi) is 5.06. The van der Waals surface area contributed by atoms with E-state index in [-0.39, 0.29) is 0 Å². The molecule has 1 fully saturated rings. The highest BCUT2D eigenvalue weighted by Gasteiger charge is 2.11. The van der Waals surface area contributed by atoms with E-state index < -0.39 is 0 Å². The Bertz CT molecular complexity index is 533. The minimum Gasteiger partial charge on any atom is -0.384 e. The molecule has 1 aliphatic rings. The highest BCUT2D eigenvalue weighted by molar-refractivity contribution is 7.99. The van der Waals surface area contributed by atoms with Crippen molar-refractivity contribution >= 4 is 23.1 Å². The average Bonchev–Trinajstić information content (AvgIpc) is 3.08. The third-order valence-corrected chi connectivity index (χ3v) is 4.80. The summed E-state index contributed by atoms with van der Waals surface area (Å²) in [6.45, 7) is 3.41. The second kappa shape index (κ2) is 7.41. The maximum Gasteiger partial charge on any atom is 0.0367 e. The largest absolute Gasteiger partial charge is 0.384 e. The molecule has 0 aromatic heterocycles. The van der Waals surface area contributed by atoms with Crippen LogP contribution in [0, 0.1) is 0 Å². The number of nitrogens with one attached hydrogen (secondary N) is 1. The van der Waals surface area contributed by atoms with E-state index >= 15 is 0 Å². The molecule has 0 radical (unpaired) electrons. The zero-order valence-corrected chi connectivity index (χ0v) is 13.1. The Morgan fingerprint density at radius 2 is 1.62 bits per heavy atom. The number of anilines is 2. The monoisotopic (exact) mass is 298 g/mol. The van der Waals surface area contributed by atoms with Crippen LogP contribution in [0.3, 0.4) is 0 Å². The van der Waals surface area contributed by atoms with Crippen molar-refractivity contribution in [3.8, 4) is 0 Å². The van der Waals surface area contributed by atoms with E-state index in [0.29, 0.717) is 0 Å². The first-order valence-corrected chi connectivity index (χ1v) is 8.67. The zero-order chi connectivity index (χ0) is 14.3. The number of nitrogens with zero attached hydrogens (tertiary/aromatic N) is 1. The molecule has 1 aliphatic heterocycles. The molecule has 1 N–H and O–H groups in total. The molecule has 2 aromatic carbocycles. The molecule has 2 aromatic rings. The van der Waals surface area contributed by atoms with E-state index in [1.54, 1.807) is 0 Å². The number of thioether (sulfide) groups is 1. The molecule has 0 spiro atoms. The van der Waals surface area contributed by atoms with Gasteiger partial charge < -0.3 is 10.2 Å². The van der Waals surface area contributed by atoms with Gasteiger partial charge in [-0.3, -0.25) is 0 Å². The Labute approximate surface area is 131 Å². The maximum absolute atomic E-state index is 3.49. The van der Waals surface area contributed by atoms with Crippen molar-refractivity contribution in [2.24, 2.45) is 0 Å². The lowest BCUT2D eigenvalue weighted by Gasteiger charge is -2.18. The Hall–Kier alpha value is -1.61. The normalized spacial score (nSPS) is 14.4. The summed E-state index contributed by atoms with van der Waals surface area (Å²) in [6.07, 6.45) is 2.66. The second-order valence-electron chi connectivity index (χ2n) is 5.33. The van der Waals surface area contributed by atoms with Crippen molar-refractivity contribution < 1.29 is 0 Å². The number of rotatable bonds is 6. The first-order valence-electron chi connectivity index (χ1n) is 7.68. The molecule has 2 nitrogen and oxygen atoms in total. The van der Waals surface area contributed by atoms with Gasteiger partial charge in [0.25, 0.3) is 0 Å². The Balaban J connectivity index is 1.43. The highest BCUT2D eigenvalue weighted by atomic mass is 32.2. The standard InChI is InChI=1S/C18H22N2S/c1-2-6-18(7-3-1)21-15-12-19-16-8-10-17(11-9-16)20-13-4-5-14-20/h1-3,6-11,19H,4-5,12-15H2. The zero-order valence-electron chi connectivity index (χ0n) is 12.3. The average molecular weight is 298 g/mol. The quantitative estimate of drug-likeness (QED) is 0.625. The fourth-order valence-corrected chi connectivity index (χ4v) is 3.44. The SMILES string of the molecule is c1ccc(SCCNc2ccc(N3CCCC3)cc2)cc1. The van der Waals surface area contributed by atoms with Gasteiger partial charge in [-0.05, 0) is 49.2 Å². The maximum atomic E-state index is 3.49. The molecule has 0 unspecified atom stereocenters. The summed E-state index contributed by atoms with van der Waals surface area (Å²) < 4.78 is 0. The van der Waals surface area contributed by atoms with Crippen LogP contribution in [0.4, 0.5) is 11.4 Å². The van der Waals surface area contributed by atoms with Gasteiger partial charge in [0.1, 0.15) is 0 Å². The van der Waals surface area contributed by atoms with Crippen LogP contribution in [-0.2, 0) is 0 Å². The lowest BCUT2D eigenvalue weighted by molar-refractivity contribution is 0.949. The van der Waals surface area contributed by atoms with Crippen LogP contribution in [0.2, 0.25) is 0 Å². The predicted molar refractivity (Wildman–Crippen MR) is 93.5 cm³/mol. The summed E-state index contributed by atoms with van der Waals surface area (Å²) in [4.78, 5) is 3.80. The molecule has 110 valence electrons.